The Labute approximate surface area is 125 Å². The van der Waals surface area contributed by atoms with Gasteiger partial charge in [-0.1, -0.05) is 0 Å². The Kier molecular flexibility index (Phi) is 4.34. The Morgan fingerprint density at radius 2 is 1.76 bits per heavy atom. The number of aromatic nitrogens is 2. The fourth-order valence-electron chi connectivity index (χ4n) is 3.53. The summed E-state index contributed by atoms with van der Waals surface area (Å²) in [4.78, 5) is 21.7. The lowest BCUT2D eigenvalue weighted by Gasteiger charge is -2.38. The van der Waals surface area contributed by atoms with Crippen LogP contribution < -0.4 is 16.0 Å². The average Bonchev–Trinajstić information content (AvgIpc) is 2.56. The zero-order valence-electron chi connectivity index (χ0n) is 12.3. The van der Waals surface area contributed by atoms with Gasteiger partial charge in [-0.05, 0) is 50.6 Å². The molecule has 0 saturated carbocycles. The van der Waals surface area contributed by atoms with Crippen LogP contribution in [0.3, 0.4) is 0 Å². The molecule has 1 aromatic rings. The molecule has 1 aromatic heterocycles. The number of anilines is 1. The maximum Gasteiger partial charge on any atom is 0.268 e. The third-order valence-electron chi connectivity index (χ3n) is 4.80. The maximum atomic E-state index is 11.0. The van der Waals surface area contributed by atoms with Gasteiger partial charge in [0, 0.05) is 13.1 Å². The first-order chi connectivity index (χ1) is 10.2. The van der Waals surface area contributed by atoms with Gasteiger partial charge < -0.3 is 16.0 Å². The highest BCUT2D eigenvalue weighted by atomic mass is 16.1. The summed E-state index contributed by atoms with van der Waals surface area (Å²) in [7, 11) is 0. The summed E-state index contributed by atoms with van der Waals surface area (Å²) in [5.74, 6) is 2.06. The molecule has 0 unspecified atom stereocenters. The normalized spacial score (nSPS) is 21.4. The number of rotatable bonds is 3. The number of amides is 1. The highest BCUT2D eigenvalue weighted by Crippen LogP contribution is 2.31. The van der Waals surface area contributed by atoms with Gasteiger partial charge in [0.2, 0.25) is 0 Å². The molecule has 2 aliphatic heterocycles. The lowest BCUT2D eigenvalue weighted by atomic mass is 9.79. The summed E-state index contributed by atoms with van der Waals surface area (Å²) in [6, 6.07) is 0. The van der Waals surface area contributed by atoms with E-state index in [0.717, 1.165) is 30.7 Å². The van der Waals surface area contributed by atoms with Gasteiger partial charge in [0.05, 0.1) is 12.4 Å². The van der Waals surface area contributed by atoms with Crippen LogP contribution in [0.25, 0.3) is 0 Å². The molecule has 0 spiro atoms. The molecule has 6 nitrogen and oxygen atoms in total. The fourth-order valence-corrected chi connectivity index (χ4v) is 3.53. The minimum absolute atomic E-state index is 0.225. The molecular weight excluding hydrogens is 266 g/mol. The largest absolute Gasteiger partial charge is 0.364 e. The van der Waals surface area contributed by atoms with E-state index in [0.29, 0.717) is 0 Å². The van der Waals surface area contributed by atoms with Gasteiger partial charge >= 0.3 is 0 Å². The number of hydrogen-bond donors (Lipinski definition) is 2. The summed E-state index contributed by atoms with van der Waals surface area (Å²) < 4.78 is 0. The summed E-state index contributed by atoms with van der Waals surface area (Å²) >= 11 is 0. The van der Waals surface area contributed by atoms with Crippen LogP contribution >= 0.6 is 0 Å². The molecule has 2 fully saturated rings. The smallest absolute Gasteiger partial charge is 0.268 e. The first-order valence-electron chi connectivity index (χ1n) is 7.81. The summed E-state index contributed by atoms with van der Waals surface area (Å²) in [5.41, 5.74) is 5.41. The second-order valence-corrected chi connectivity index (χ2v) is 6.04. The van der Waals surface area contributed by atoms with E-state index in [1.54, 1.807) is 6.20 Å². The Morgan fingerprint density at radius 3 is 2.33 bits per heavy atom. The minimum Gasteiger partial charge on any atom is -0.364 e. The molecule has 0 aromatic carbocycles. The summed E-state index contributed by atoms with van der Waals surface area (Å²) in [6.45, 7) is 4.40. The Morgan fingerprint density at radius 1 is 1.10 bits per heavy atom. The van der Waals surface area contributed by atoms with Gasteiger partial charge in [0.1, 0.15) is 11.5 Å². The summed E-state index contributed by atoms with van der Waals surface area (Å²) in [5, 5.41) is 3.44. The van der Waals surface area contributed by atoms with Crippen molar-refractivity contribution in [1.82, 2.24) is 15.3 Å². The minimum atomic E-state index is -0.529. The van der Waals surface area contributed by atoms with Crippen LogP contribution in [0.2, 0.25) is 0 Å². The molecule has 3 heterocycles. The van der Waals surface area contributed by atoms with E-state index in [1.165, 1.54) is 45.0 Å². The molecule has 114 valence electrons. The second-order valence-electron chi connectivity index (χ2n) is 6.04. The van der Waals surface area contributed by atoms with E-state index in [-0.39, 0.29) is 5.69 Å². The van der Waals surface area contributed by atoms with Gasteiger partial charge in [-0.25, -0.2) is 9.97 Å². The van der Waals surface area contributed by atoms with Crippen LogP contribution in [0.4, 0.5) is 5.82 Å². The van der Waals surface area contributed by atoms with Crippen molar-refractivity contribution in [2.75, 3.05) is 31.1 Å². The van der Waals surface area contributed by atoms with E-state index < -0.39 is 5.91 Å². The number of carbonyl (C=O) groups excluding carboxylic acids is 1. The predicted molar refractivity (Wildman–Crippen MR) is 81.1 cm³/mol. The van der Waals surface area contributed by atoms with Crippen LogP contribution in [0.5, 0.6) is 0 Å². The van der Waals surface area contributed by atoms with Gasteiger partial charge in [0.25, 0.3) is 5.91 Å². The van der Waals surface area contributed by atoms with E-state index >= 15 is 0 Å². The number of carbonyl (C=O) groups is 1. The van der Waals surface area contributed by atoms with Crippen molar-refractivity contribution >= 4 is 11.7 Å². The quantitative estimate of drug-likeness (QED) is 0.859. The van der Waals surface area contributed by atoms with Gasteiger partial charge in [-0.2, -0.15) is 0 Å². The Hall–Kier alpha value is -1.69. The molecule has 6 heteroatoms. The second kappa shape index (κ2) is 6.39. The number of nitrogens with two attached hydrogens (primary N) is 1. The molecule has 1 amide bonds. The number of hydrogen-bond acceptors (Lipinski definition) is 5. The van der Waals surface area contributed by atoms with Crippen LogP contribution in [0.15, 0.2) is 12.4 Å². The van der Waals surface area contributed by atoms with Crippen LogP contribution in [-0.2, 0) is 0 Å². The Bertz CT molecular complexity index is 475. The van der Waals surface area contributed by atoms with Gasteiger partial charge in [-0.3, -0.25) is 4.79 Å². The predicted octanol–water partition coefficient (Wildman–Crippen LogP) is 0.791. The summed E-state index contributed by atoms with van der Waals surface area (Å²) in [6.07, 6.45) is 8.21. The van der Waals surface area contributed by atoms with E-state index in [4.69, 9.17) is 5.73 Å². The first-order valence-corrected chi connectivity index (χ1v) is 7.81. The molecule has 21 heavy (non-hydrogen) atoms. The van der Waals surface area contributed by atoms with Crippen LogP contribution in [0.1, 0.15) is 36.2 Å². The van der Waals surface area contributed by atoms with Gasteiger partial charge in [0.15, 0.2) is 0 Å². The van der Waals surface area contributed by atoms with E-state index in [1.807, 2.05) is 0 Å². The van der Waals surface area contributed by atoms with Crippen molar-refractivity contribution in [2.24, 2.45) is 17.6 Å². The zero-order valence-corrected chi connectivity index (χ0v) is 12.3. The van der Waals surface area contributed by atoms with Crippen molar-refractivity contribution in [2.45, 2.75) is 25.7 Å². The number of primary amides is 1. The average molecular weight is 289 g/mol. The van der Waals surface area contributed by atoms with Crippen LogP contribution in [0, 0.1) is 11.8 Å². The third kappa shape index (κ3) is 3.32. The van der Waals surface area contributed by atoms with Crippen molar-refractivity contribution < 1.29 is 4.79 Å². The van der Waals surface area contributed by atoms with Crippen LogP contribution in [-0.4, -0.2) is 42.1 Å². The van der Waals surface area contributed by atoms with E-state index in [9.17, 15) is 4.79 Å². The van der Waals surface area contributed by atoms with Crippen molar-refractivity contribution in [1.29, 1.82) is 0 Å². The molecule has 3 N–H and O–H groups in total. The standard InChI is InChI=1S/C15H23N5O/c16-15(21)13-9-19-14(10-18-13)20-7-3-12(4-8-20)11-1-5-17-6-2-11/h9-12,17H,1-8H2,(H2,16,21). The molecular formula is C15H23N5O. The molecule has 3 rings (SSSR count). The molecule has 0 bridgehead atoms. The lowest BCUT2D eigenvalue weighted by Crippen LogP contribution is -2.39. The maximum absolute atomic E-state index is 11.0. The Balaban J connectivity index is 1.56. The number of piperidine rings is 2. The molecule has 2 saturated heterocycles. The molecule has 2 aliphatic rings. The van der Waals surface area contributed by atoms with Crippen molar-refractivity contribution in [3.8, 4) is 0 Å². The highest BCUT2D eigenvalue weighted by molar-refractivity contribution is 5.90. The fraction of sp³-hybridized carbons (Fsp3) is 0.667. The number of nitrogens with zero attached hydrogens (tertiary/aromatic N) is 3. The molecule has 0 atom stereocenters. The third-order valence-corrected chi connectivity index (χ3v) is 4.80. The molecule has 0 aliphatic carbocycles. The monoisotopic (exact) mass is 289 g/mol. The lowest BCUT2D eigenvalue weighted by molar-refractivity contribution is 0.0995. The highest BCUT2D eigenvalue weighted by Gasteiger charge is 2.28. The molecule has 0 radical (unpaired) electrons. The van der Waals surface area contributed by atoms with Crippen molar-refractivity contribution in [3.05, 3.63) is 18.1 Å². The number of nitrogens with one attached hydrogen (secondary N) is 1. The topological polar surface area (TPSA) is 84.1 Å². The van der Waals surface area contributed by atoms with Gasteiger partial charge in [-0.15, -0.1) is 0 Å². The zero-order chi connectivity index (χ0) is 14.7. The first kappa shape index (κ1) is 14.3. The SMILES string of the molecule is NC(=O)c1cnc(N2CCC(C3CCNCC3)CC2)cn1. The van der Waals surface area contributed by atoms with E-state index in [2.05, 4.69) is 20.2 Å². The van der Waals surface area contributed by atoms with Crippen molar-refractivity contribution in [3.63, 3.8) is 0 Å².